The van der Waals surface area contributed by atoms with Gasteiger partial charge in [-0.2, -0.15) is 0 Å². The first-order valence-electron chi connectivity index (χ1n) is 9.13. The van der Waals surface area contributed by atoms with Gasteiger partial charge in [-0.1, -0.05) is 18.2 Å². The van der Waals surface area contributed by atoms with Crippen LogP contribution in [-0.2, 0) is 0 Å². The van der Waals surface area contributed by atoms with Gasteiger partial charge in [0.25, 0.3) is 5.91 Å². The van der Waals surface area contributed by atoms with Gasteiger partial charge in [0.15, 0.2) is 0 Å². The monoisotopic (exact) mass is 392 g/mol. The van der Waals surface area contributed by atoms with E-state index in [2.05, 4.69) is 20.6 Å². The van der Waals surface area contributed by atoms with Crippen LogP contribution < -0.4 is 20.1 Å². The number of carbonyl (C=O) groups excluding carboxylic acids is 1. The minimum absolute atomic E-state index is 0.246. The number of amides is 1. The van der Waals surface area contributed by atoms with E-state index in [1.165, 1.54) is 0 Å². The third-order valence-electron chi connectivity index (χ3n) is 4.46. The molecule has 0 spiro atoms. The van der Waals surface area contributed by atoms with Crippen molar-refractivity contribution in [1.29, 1.82) is 0 Å². The second-order valence-corrected chi connectivity index (χ2v) is 6.60. The number of nitrogens with one attached hydrogen (secondary N) is 2. The highest BCUT2D eigenvalue weighted by Crippen LogP contribution is 2.29. The average molecular weight is 392 g/mol. The van der Waals surface area contributed by atoms with Crippen LogP contribution >= 0.6 is 0 Å². The minimum atomic E-state index is -0.369. The van der Waals surface area contributed by atoms with Gasteiger partial charge in [-0.3, -0.25) is 4.79 Å². The third-order valence-corrected chi connectivity index (χ3v) is 4.46. The molecule has 29 heavy (non-hydrogen) atoms. The van der Waals surface area contributed by atoms with Crippen LogP contribution in [-0.4, -0.2) is 30.1 Å². The van der Waals surface area contributed by atoms with Crippen molar-refractivity contribution in [3.63, 3.8) is 0 Å². The van der Waals surface area contributed by atoms with Crippen LogP contribution in [0.3, 0.4) is 0 Å². The molecule has 7 nitrogen and oxygen atoms in total. The Balaban J connectivity index is 1.89. The number of aryl methyl sites for hydroxylation is 3. The number of hydrogen-bond donors (Lipinski definition) is 2. The standard InChI is InChI=1S/C22H24N4O3/c1-13-7-6-8-14(2)21(13)26-20-12-18(23-15(3)24-20)22(27)25-17-11-16(28-4)9-10-19(17)29-5/h6-12H,1-5H3,(H,25,27)(H,23,24,26). The first-order chi connectivity index (χ1) is 13.9. The Morgan fingerprint density at radius 3 is 2.31 bits per heavy atom. The molecule has 7 heteroatoms. The van der Waals surface area contributed by atoms with Gasteiger partial charge in [-0.05, 0) is 44.0 Å². The summed E-state index contributed by atoms with van der Waals surface area (Å²) in [5.74, 6) is 1.81. The highest BCUT2D eigenvalue weighted by Gasteiger charge is 2.15. The van der Waals surface area contributed by atoms with Gasteiger partial charge in [-0.25, -0.2) is 9.97 Å². The number of rotatable bonds is 6. The summed E-state index contributed by atoms with van der Waals surface area (Å²) in [4.78, 5) is 21.5. The normalized spacial score (nSPS) is 10.4. The molecule has 0 fully saturated rings. The molecule has 2 N–H and O–H groups in total. The van der Waals surface area contributed by atoms with E-state index in [1.54, 1.807) is 45.4 Å². The predicted octanol–water partition coefficient (Wildman–Crippen LogP) is 4.41. The molecule has 2 aromatic carbocycles. The quantitative estimate of drug-likeness (QED) is 0.646. The van der Waals surface area contributed by atoms with Crippen LogP contribution in [0.4, 0.5) is 17.2 Å². The van der Waals surface area contributed by atoms with Gasteiger partial charge in [0.05, 0.1) is 19.9 Å². The summed E-state index contributed by atoms with van der Waals surface area (Å²) in [6.45, 7) is 5.79. The molecule has 0 bridgehead atoms. The number of para-hydroxylation sites is 1. The van der Waals surface area contributed by atoms with Gasteiger partial charge < -0.3 is 20.1 Å². The average Bonchev–Trinajstić information content (AvgIpc) is 2.70. The Morgan fingerprint density at radius 1 is 0.931 bits per heavy atom. The Kier molecular flexibility index (Phi) is 5.97. The smallest absolute Gasteiger partial charge is 0.274 e. The van der Waals surface area contributed by atoms with Gasteiger partial charge in [0.1, 0.15) is 28.8 Å². The van der Waals surface area contributed by atoms with E-state index in [1.807, 2.05) is 32.0 Å². The molecule has 0 atom stereocenters. The van der Waals surface area contributed by atoms with Crippen LogP contribution in [0, 0.1) is 20.8 Å². The molecule has 0 saturated heterocycles. The molecule has 0 aliphatic carbocycles. The fraction of sp³-hybridized carbons (Fsp3) is 0.227. The Morgan fingerprint density at radius 2 is 1.66 bits per heavy atom. The van der Waals surface area contributed by atoms with Crippen molar-refractivity contribution >= 4 is 23.1 Å². The van der Waals surface area contributed by atoms with Gasteiger partial charge >= 0.3 is 0 Å². The van der Waals surface area contributed by atoms with Crippen LogP contribution in [0.15, 0.2) is 42.5 Å². The number of carbonyl (C=O) groups is 1. The van der Waals surface area contributed by atoms with E-state index in [0.717, 1.165) is 16.8 Å². The SMILES string of the molecule is COc1ccc(OC)c(NC(=O)c2cc(Nc3c(C)cccc3C)nc(C)n2)c1. The number of hydrogen-bond acceptors (Lipinski definition) is 6. The lowest BCUT2D eigenvalue weighted by atomic mass is 10.1. The first-order valence-corrected chi connectivity index (χ1v) is 9.13. The van der Waals surface area contributed by atoms with Crippen LogP contribution in [0.25, 0.3) is 0 Å². The molecule has 3 aromatic rings. The zero-order valence-corrected chi connectivity index (χ0v) is 17.2. The molecule has 0 unspecified atom stereocenters. The second kappa shape index (κ2) is 8.60. The Labute approximate surface area is 170 Å². The van der Waals surface area contributed by atoms with E-state index in [4.69, 9.17) is 9.47 Å². The molecule has 0 aliphatic rings. The number of aromatic nitrogens is 2. The van der Waals surface area contributed by atoms with Gasteiger partial charge in [0.2, 0.25) is 0 Å². The minimum Gasteiger partial charge on any atom is -0.497 e. The summed E-state index contributed by atoms with van der Waals surface area (Å²) in [5.41, 5.74) is 3.89. The van der Waals surface area contributed by atoms with Crippen molar-refractivity contribution < 1.29 is 14.3 Å². The molecule has 1 heterocycles. The van der Waals surface area contributed by atoms with Crippen molar-refractivity contribution in [2.75, 3.05) is 24.9 Å². The molecular formula is C22H24N4O3. The molecule has 0 saturated carbocycles. The van der Waals surface area contributed by atoms with E-state index >= 15 is 0 Å². The zero-order chi connectivity index (χ0) is 21.0. The van der Waals surface area contributed by atoms with Crippen LogP contribution in [0.2, 0.25) is 0 Å². The number of methoxy groups -OCH3 is 2. The molecular weight excluding hydrogens is 368 g/mol. The summed E-state index contributed by atoms with van der Waals surface area (Å²) in [6.07, 6.45) is 0. The highest BCUT2D eigenvalue weighted by molar-refractivity contribution is 6.04. The van der Waals surface area contributed by atoms with Crippen LogP contribution in [0.5, 0.6) is 11.5 Å². The Bertz CT molecular complexity index is 1030. The zero-order valence-electron chi connectivity index (χ0n) is 17.2. The Hall–Kier alpha value is -3.61. The van der Waals surface area contributed by atoms with E-state index in [9.17, 15) is 4.79 Å². The summed E-state index contributed by atoms with van der Waals surface area (Å²) >= 11 is 0. The van der Waals surface area contributed by atoms with Crippen LogP contribution in [0.1, 0.15) is 27.4 Å². The maximum absolute atomic E-state index is 12.8. The molecule has 150 valence electrons. The maximum Gasteiger partial charge on any atom is 0.274 e. The summed E-state index contributed by atoms with van der Waals surface area (Å²) < 4.78 is 10.5. The lowest BCUT2D eigenvalue weighted by Gasteiger charge is -2.14. The van der Waals surface area contributed by atoms with E-state index < -0.39 is 0 Å². The fourth-order valence-corrected chi connectivity index (χ4v) is 2.99. The van der Waals surface area contributed by atoms with Gasteiger partial charge in [0, 0.05) is 17.8 Å². The van der Waals surface area contributed by atoms with Gasteiger partial charge in [-0.15, -0.1) is 0 Å². The molecule has 1 amide bonds. The van der Waals surface area contributed by atoms with E-state index in [0.29, 0.717) is 28.8 Å². The summed E-state index contributed by atoms with van der Waals surface area (Å²) in [6, 6.07) is 12.9. The maximum atomic E-state index is 12.8. The number of benzene rings is 2. The largest absolute Gasteiger partial charge is 0.497 e. The molecule has 0 aliphatic heterocycles. The molecule has 0 radical (unpaired) electrons. The van der Waals surface area contributed by atoms with Crippen molar-refractivity contribution in [3.05, 3.63) is 65.1 Å². The van der Waals surface area contributed by atoms with E-state index in [-0.39, 0.29) is 11.6 Å². The second-order valence-electron chi connectivity index (χ2n) is 6.60. The van der Waals surface area contributed by atoms with Crippen molar-refractivity contribution in [2.45, 2.75) is 20.8 Å². The highest BCUT2D eigenvalue weighted by atomic mass is 16.5. The molecule has 1 aromatic heterocycles. The van der Waals surface area contributed by atoms with Crippen molar-refractivity contribution in [3.8, 4) is 11.5 Å². The summed E-state index contributed by atoms with van der Waals surface area (Å²) in [7, 11) is 3.10. The lowest BCUT2D eigenvalue weighted by molar-refractivity contribution is 0.102. The number of ether oxygens (including phenoxy) is 2. The third kappa shape index (κ3) is 4.63. The topological polar surface area (TPSA) is 85.4 Å². The lowest BCUT2D eigenvalue weighted by Crippen LogP contribution is -2.16. The first kappa shape index (κ1) is 20.1. The predicted molar refractivity (Wildman–Crippen MR) is 113 cm³/mol. The van der Waals surface area contributed by atoms with Crippen molar-refractivity contribution in [1.82, 2.24) is 9.97 Å². The summed E-state index contributed by atoms with van der Waals surface area (Å²) in [5, 5.41) is 6.14. The van der Waals surface area contributed by atoms with Crippen molar-refractivity contribution in [2.24, 2.45) is 0 Å². The molecule has 3 rings (SSSR count). The fourth-order valence-electron chi connectivity index (χ4n) is 2.99. The number of nitrogens with zero attached hydrogens (tertiary/aromatic N) is 2. The number of anilines is 3.